The second kappa shape index (κ2) is 5.38. The topological polar surface area (TPSA) is 53.0 Å². The van der Waals surface area contributed by atoms with Crippen LogP contribution in [0.1, 0.15) is 19.8 Å². The van der Waals surface area contributed by atoms with E-state index in [0.717, 1.165) is 25.9 Å². The molecular formula is C14H24N2O3. The number of carbonyl (C=O) groups is 1. The molecule has 19 heavy (non-hydrogen) atoms. The van der Waals surface area contributed by atoms with Crippen molar-refractivity contribution in [2.24, 2.45) is 11.8 Å². The normalized spacial score (nSPS) is 37.4. The van der Waals surface area contributed by atoms with Crippen molar-refractivity contribution in [3.8, 4) is 0 Å². The van der Waals surface area contributed by atoms with Crippen LogP contribution in [0.2, 0.25) is 0 Å². The number of amides is 1. The summed E-state index contributed by atoms with van der Waals surface area (Å²) in [6, 6.07) is -0.0594. The van der Waals surface area contributed by atoms with Crippen LogP contribution in [-0.4, -0.2) is 72.4 Å². The van der Waals surface area contributed by atoms with Crippen molar-refractivity contribution in [1.29, 1.82) is 0 Å². The van der Waals surface area contributed by atoms with E-state index in [1.165, 1.54) is 0 Å². The van der Waals surface area contributed by atoms with Gasteiger partial charge in [0.1, 0.15) is 0 Å². The Morgan fingerprint density at radius 2 is 2.00 bits per heavy atom. The van der Waals surface area contributed by atoms with Crippen LogP contribution in [0.25, 0.3) is 0 Å². The zero-order chi connectivity index (χ0) is 13.4. The van der Waals surface area contributed by atoms with Gasteiger partial charge in [0.2, 0.25) is 5.91 Å². The number of nitrogens with zero attached hydrogens (tertiary/aromatic N) is 2. The molecule has 3 aliphatic rings. The summed E-state index contributed by atoms with van der Waals surface area (Å²) in [5.74, 6) is 1.20. The Kier molecular flexibility index (Phi) is 3.78. The number of carbonyl (C=O) groups excluding carboxylic acids is 1. The molecule has 1 saturated carbocycles. The van der Waals surface area contributed by atoms with Crippen molar-refractivity contribution in [2.45, 2.75) is 31.9 Å². The molecule has 1 N–H and O–H groups in total. The van der Waals surface area contributed by atoms with Gasteiger partial charge < -0.3 is 14.7 Å². The minimum absolute atomic E-state index is 0.0594. The summed E-state index contributed by atoms with van der Waals surface area (Å²) in [5, 5.41) is 9.95. The summed E-state index contributed by atoms with van der Waals surface area (Å²) < 4.78 is 5.29. The van der Waals surface area contributed by atoms with E-state index in [-0.39, 0.29) is 18.1 Å². The van der Waals surface area contributed by atoms with E-state index >= 15 is 0 Å². The molecule has 3 fully saturated rings. The number of aliphatic hydroxyl groups is 1. The van der Waals surface area contributed by atoms with Crippen molar-refractivity contribution in [1.82, 2.24) is 9.80 Å². The molecule has 2 saturated heterocycles. The van der Waals surface area contributed by atoms with Gasteiger partial charge in [-0.05, 0) is 25.7 Å². The molecule has 108 valence electrons. The fourth-order valence-electron chi connectivity index (χ4n) is 3.79. The minimum Gasteiger partial charge on any atom is -0.393 e. The molecule has 5 heteroatoms. The monoisotopic (exact) mass is 268 g/mol. The maximum atomic E-state index is 12.5. The van der Waals surface area contributed by atoms with E-state index in [4.69, 9.17) is 4.74 Å². The molecule has 1 amide bonds. The maximum Gasteiger partial charge on any atom is 0.239 e. The molecule has 3 rings (SSSR count). The number of morpholine rings is 1. The summed E-state index contributed by atoms with van der Waals surface area (Å²) in [6.07, 6.45) is 1.90. The standard InChI is InChI=1S/C14H24N2O3/c1-10(14(18)15-4-6-19-7-5-15)16-8-11-2-3-13(17)12(11)9-16/h10-13,17H,2-9H2,1H3. The van der Waals surface area contributed by atoms with E-state index < -0.39 is 0 Å². The van der Waals surface area contributed by atoms with Crippen molar-refractivity contribution in [3.05, 3.63) is 0 Å². The Bertz CT molecular complexity index is 344. The average Bonchev–Trinajstić information content (AvgIpc) is 3.01. The summed E-state index contributed by atoms with van der Waals surface area (Å²) in [4.78, 5) is 16.6. The lowest BCUT2D eigenvalue weighted by Crippen LogP contribution is -2.50. The van der Waals surface area contributed by atoms with Gasteiger partial charge in [0, 0.05) is 32.1 Å². The van der Waals surface area contributed by atoms with Crippen LogP contribution in [0.15, 0.2) is 0 Å². The molecule has 4 atom stereocenters. The smallest absolute Gasteiger partial charge is 0.239 e. The highest BCUT2D eigenvalue weighted by molar-refractivity contribution is 5.81. The van der Waals surface area contributed by atoms with Crippen LogP contribution in [0.4, 0.5) is 0 Å². The first kappa shape index (κ1) is 13.3. The molecule has 1 aliphatic carbocycles. The van der Waals surface area contributed by atoms with Gasteiger partial charge >= 0.3 is 0 Å². The highest BCUT2D eigenvalue weighted by Gasteiger charge is 2.44. The van der Waals surface area contributed by atoms with Gasteiger partial charge in [-0.15, -0.1) is 0 Å². The number of rotatable bonds is 2. The number of ether oxygens (including phenoxy) is 1. The molecule has 0 bridgehead atoms. The van der Waals surface area contributed by atoms with Crippen LogP contribution in [0, 0.1) is 11.8 Å². The number of likely N-dealkylation sites (tertiary alicyclic amines) is 1. The Morgan fingerprint density at radius 1 is 1.26 bits per heavy atom. The minimum atomic E-state index is -0.152. The van der Waals surface area contributed by atoms with E-state index in [1.54, 1.807) is 0 Å². The molecule has 0 aromatic rings. The highest BCUT2D eigenvalue weighted by atomic mass is 16.5. The number of hydrogen-bond donors (Lipinski definition) is 1. The second-order valence-corrected chi connectivity index (χ2v) is 6.14. The van der Waals surface area contributed by atoms with Gasteiger partial charge in [0.15, 0.2) is 0 Å². The fourth-order valence-corrected chi connectivity index (χ4v) is 3.79. The lowest BCUT2D eigenvalue weighted by Gasteiger charge is -2.33. The third-order valence-electron chi connectivity index (χ3n) is 5.08. The van der Waals surface area contributed by atoms with Crippen molar-refractivity contribution >= 4 is 5.91 Å². The largest absolute Gasteiger partial charge is 0.393 e. The van der Waals surface area contributed by atoms with Crippen LogP contribution < -0.4 is 0 Å². The average molecular weight is 268 g/mol. The summed E-state index contributed by atoms with van der Waals surface area (Å²) in [5.41, 5.74) is 0. The van der Waals surface area contributed by atoms with E-state index in [0.29, 0.717) is 38.1 Å². The molecule has 5 nitrogen and oxygen atoms in total. The van der Waals surface area contributed by atoms with Gasteiger partial charge in [-0.25, -0.2) is 0 Å². The van der Waals surface area contributed by atoms with E-state index in [2.05, 4.69) is 4.90 Å². The maximum absolute atomic E-state index is 12.5. The SMILES string of the molecule is CC(C(=O)N1CCOCC1)N1CC2CCC(O)C2C1. The number of fused-ring (bicyclic) bond motifs is 1. The van der Waals surface area contributed by atoms with Crippen LogP contribution in [0.5, 0.6) is 0 Å². The molecule has 0 spiro atoms. The third kappa shape index (κ3) is 2.51. The summed E-state index contributed by atoms with van der Waals surface area (Å²) >= 11 is 0. The summed E-state index contributed by atoms with van der Waals surface area (Å²) in [7, 11) is 0. The quantitative estimate of drug-likeness (QED) is 0.762. The van der Waals surface area contributed by atoms with Gasteiger partial charge in [-0.1, -0.05) is 0 Å². The van der Waals surface area contributed by atoms with Gasteiger partial charge in [-0.3, -0.25) is 9.69 Å². The molecule has 2 heterocycles. The van der Waals surface area contributed by atoms with Gasteiger partial charge in [-0.2, -0.15) is 0 Å². The van der Waals surface area contributed by atoms with Crippen LogP contribution >= 0.6 is 0 Å². The number of aliphatic hydroxyl groups excluding tert-OH is 1. The van der Waals surface area contributed by atoms with Crippen LogP contribution in [-0.2, 0) is 9.53 Å². The summed E-state index contributed by atoms with van der Waals surface area (Å²) in [6.45, 7) is 6.59. The molecule has 2 aliphatic heterocycles. The van der Waals surface area contributed by atoms with E-state index in [1.807, 2.05) is 11.8 Å². The first-order chi connectivity index (χ1) is 9.16. The van der Waals surface area contributed by atoms with Crippen molar-refractivity contribution in [3.63, 3.8) is 0 Å². The first-order valence-electron chi connectivity index (χ1n) is 7.45. The predicted octanol–water partition coefficient (Wildman–Crippen LogP) is -0.0636. The zero-order valence-corrected chi connectivity index (χ0v) is 11.6. The van der Waals surface area contributed by atoms with Crippen LogP contribution in [0.3, 0.4) is 0 Å². The fraction of sp³-hybridized carbons (Fsp3) is 0.929. The molecule has 0 aromatic heterocycles. The predicted molar refractivity (Wildman–Crippen MR) is 70.7 cm³/mol. The third-order valence-corrected chi connectivity index (χ3v) is 5.08. The number of hydrogen-bond acceptors (Lipinski definition) is 4. The lowest BCUT2D eigenvalue weighted by atomic mass is 10.00. The molecule has 0 radical (unpaired) electrons. The molecule has 4 unspecified atom stereocenters. The van der Waals surface area contributed by atoms with E-state index in [9.17, 15) is 9.90 Å². The highest BCUT2D eigenvalue weighted by Crippen LogP contribution is 2.38. The molecule has 0 aromatic carbocycles. The Balaban J connectivity index is 1.58. The Labute approximate surface area is 114 Å². The lowest BCUT2D eigenvalue weighted by molar-refractivity contribution is -0.140. The second-order valence-electron chi connectivity index (χ2n) is 6.14. The Hall–Kier alpha value is -0.650. The van der Waals surface area contributed by atoms with Crippen molar-refractivity contribution < 1.29 is 14.6 Å². The van der Waals surface area contributed by atoms with Gasteiger partial charge in [0.25, 0.3) is 0 Å². The Morgan fingerprint density at radius 3 is 2.68 bits per heavy atom. The first-order valence-corrected chi connectivity index (χ1v) is 7.45. The molecular weight excluding hydrogens is 244 g/mol. The van der Waals surface area contributed by atoms with Gasteiger partial charge in [0.05, 0.1) is 25.4 Å². The van der Waals surface area contributed by atoms with Crippen molar-refractivity contribution in [2.75, 3.05) is 39.4 Å². The zero-order valence-electron chi connectivity index (χ0n) is 11.6.